The van der Waals surface area contributed by atoms with E-state index in [-0.39, 0.29) is 85.9 Å². The number of halogens is 5. The lowest BCUT2D eigenvalue weighted by molar-refractivity contribution is -0.188. The van der Waals surface area contributed by atoms with Gasteiger partial charge in [0.25, 0.3) is 0 Å². The third-order valence-corrected chi connectivity index (χ3v) is 12.7. The minimum absolute atomic E-state index is 0.0437. The van der Waals surface area contributed by atoms with E-state index in [0.29, 0.717) is 43.5 Å². The second kappa shape index (κ2) is 12.6. The van der Waals surface area contributed by atoms with E-state index in [9.17, 15) is 22.8 Å². The summed E-state index contributed by atoms with van der Waals surface area (Å²) in [5.74, 6) is -5.94. The fourth-order valence-corrected chi connectivity index (χ4v) is 9.79. The Labute approximate surface area is 301 Å². The van der Waals surface area contributed by atoms with Crippen LogP contribution in [0.2, 0.25) is 0 Å². The van der Waals surface area contributed by atoms with Crippen molar-refractivity contribution in [3.05, 3.63) is 35.3 Å². The predicted octanol–water partition coefficient (Wildman–Crippen LogP) is 6.36. The zero-order chi connectivity index (χ0) is 36.7. The molecule has 2 saturated heterocycles. The number of aromatic nitrogens is 3. The average molecular weight is 743 g/mol. The van der Waals surface area contributed by atoms with Gasteiger partial charge >= 0.3 is 6.01 Å². The van der Waals surface area contributed by atoms with Crippen molar-refractivity contribution < 1.29 is 31.4 Å². The first-order valence-corrected chi connectivity index (χ1v) is 18.2. The van der Waals surface area contributed by atoms with Gasteiger partial charge in [0.15, 0.2) is 17.5 Å². The van der Waals surface area contributed by atoms with Crippen LogP contribution in [-0.2, 0) is 4.74 Å². The number of pyridine rings is 1. The molecule has 2 unspecified atom stereocenters. The summed E-state index contributed by atoms with van der Waals surface area (Å²) in [7, 11) is 5.85. The molecule has 276 valence electrons. The van der Waals surface area contributed by atoms with Crippen LogP contribution in [0.4, 0.5) is 32.8 Å². The Bertz CT molecular complexity index is 2090. The van der Waals surface area contributed by atoms with E-state index in [1.165, 1.54) is 6.20 Å². The van der Waals surface area contributed by atoms with Crippen molar-refractivity contribution in [2.75, 3.05) is 64.7 Å². The molecule has 2 N–H and O–H groups in total. The fourth-order valence-electron chi connectivity index (χ4n) is 8.82. The van der Waals surface area contributed by atoms with Crippen molar-refractivity contribution in [3.8, 4) is 23.3 Å². The average Bonchev–Trinajstić information content (AvgIpc) is 3.50. The standard InChI is InChI=1S/C36H39F5N8O2S/c1-47(2)35(7-4-8-35)17-48(3)32-23-11-44-28(21-9-24(37)26(38)30-25(21)22(10-42)31(43)52-30)27(39)29(23)45-33(46-32)51-18-34(14-36(40,41)15-34)16-49-19-5-6-20(49)13-50-12-19/h9,11,19-20H,4-8,12-18,43H2,1-3H3. The number of nitriles is 1. The molecular formula is C36H39F5N8O2S. The van der Waals surface area contributed by atoms with Crippen molar-refractivity contribution in [1.82, 2.24) is 24.8 Å². The molecule has 16 heteroatoms. The Morgan fingerprint density at radius 1 is 1.10 bits per heavy atom. The lowest BCUT2D eigenvalue weighted by Crippen LogP contribution is -2.59. The van der Waals surface area contributed by atoms with Crippen LogP contribution in [0.5, 0.6) is 6.01 Å². The van der Waals surface area contributed by atoms with Gasteiger partial charge in [-0.3, -0.25) is 9.88 Å². The second-order valence-corrected chi connectivity index (χ2v) is 16.4. The van der Waals surface area contributed by atoms with Crippen molar-refractivity contribution in [3.63, 3.8) is 0 Å². The number of morpholine rings is 1. The minimum atomic E-state index is -2.83. The third kappa shape index (κ3) is 5.71. The van der Waals surface area contributed by atoms with Crippen LogP contribution in [0.25, 0.3) is 32.2 Å². The van der Waals surface area contributed by atoms with E-state index in [2.05, 4.69) is 19.8 Å². The number of hydrogen-bond donors (Lipinski definition) is 1. The summed E-state index contributed by atoms with van der Waals surface area (Å²) in [6.07, 6.45) is 5.50. The lowest BCUT2D eigenvalue weighted by atomic mass is 9.66. The molecular weight excluding hydrogens is 704 g/mol. The molecule has 4 fully saturated rings. The maximum atomic E-state index is 16.9. The normalized spacial score (nSPS) is 23.1. The number of nitrogens with two attached hydrogens (primary N) is 1. The van der Waals surface area contributed by atoms with Crippen LogP contribution in [0.15, 0.2) is 12.3 Å². The Morgan fingerprint density at radius 3 is 2.42 bits per heavy atom. The fraction of sp³-hybridized carbons (Fsp3) is 0.556. The first kappa shape index (κ1) is 35.1. The molecule has 0 amide bonds. The van der Waals surface area contributed by atoms with E-state index >= 15 is 4.39 Å². The van der Waals surface area contributed by atoms with E-state index < -0.39 is 28.8 Å². The number of benzene rings is 1. The van der Waals surface area contributed by atoms with Gasteiger partial charge in [-0.2, -0.15) is 15.2 Å². The predicted molar refractivity (Wildman–Crippen MR) is 187 cm³/mol. The molecule has 2 saturated carbocycles. The van der Waals surface area contributed by atoms with Crippen LogP contribution in [-0.4, -0.2) is 102 Å². The zero-order valence-electron chi connectivity index (χ0n) is 29.1. The lowest BCUT2D eigenvalue weighted by Gasteiger charge is -2.51. The highest BCUT2D eigenvalue weighted by Crippen LogP contribution is 2.54. The van der Waals surface area contributed by atoms with E-state index in [0.717, 1.165) is 38.2 Å². The number of alkyl halides is 2. The molecule has 8 rings (SSSR count). The van der Waals surface area contributed by atoms with Crippen molar-refractivity contribution in [2.45, 2.75) is 68.5 Å². The number of fused-ring (bicyclic) bond motifs is 4. The van der Waals surface area contributed by atoms with Gasteiger partial charge in [0, 0.05) is 73.2 Å². The maximum Gasteiger partial charge on any atom is 0.319 e. The van der Waals surface area contributed by atoms with E-state index in [4.69, 9.17) is 20.2 Å². The summed E-state index contributed by atoms with van der Waals surface area (Å²) in [6, 6.07) is 2.85. The molecule has 3 aromatic heterocycles. The molecule has 1 aromatic carbocycles. The summed E-state index contributed by atoms with van der Waals surface area (Å²) in [4.78, 5) is 19.9. The van der Waals surface area contributed by atoms with Crippen LogP contribution in [0.3, 0.4) is 0 Å². The van der Waals surface area contributed by atoms with Crippen LogP contribution >= 0.6 is 11.3 Å². The summed E-state index contributed by atoms with van der Waals surface area (Å²) in [6.45, 7) is 1.96. The Balaban J connectivity index is 1.21. The molecule has 4 aromatic rings. The summed E-state index contributed by atoms with van der Waals surface area (Å²) < 4.78 is 87.6. The first-order valence-electron chi connectivity index (χ1n) is 17.4. The zero-order valence-corrected chi connectivity index (χ0v) is 29.9. The Morgan fingerprint density at radius 2 is 1.81 bits per heavy atom. The second-order valence-electron chi connectivity index (χ2n) is 15.3. The minimum Gasteiger partial charge on any atom is -0.463 e. The monoisotopic (exact) mass is 742 g/mol. The number of anilines is 2. The number of nitrogen functional groups attached to an aromatic ring is 1. The molecule has 0 radical (unpaired) electrons. The molecule has 2 aliphatic heterocycles. The smallest absolute Gasteiger partial charge is 0.319 e. The molecule has 2 aliphatic carbocycles. The van der Waals surface area contributed by atoms with Crippen LogP contribution < -0.4 is 15.4 Å². The largest absolute Gasteiger partial charge is 0.463 e. The SMILES string of the molecule is CN(CC1(N(C)C)CCC1)c1nc(OCC2(CN3C4CCC3COC4)CC(F)(F)C2)nc2c(F)c(-c3cc(F)c(F)c4sc(N)c(C#N)c34)ncc12. The Hall–Kier alpha value is -3.91. The number of ether oxygens (including phenoxy) is 2. The highest BCUT2D eigenvalue weighted by molar-refractivity contribution is 7.23. The van der Waals surface area contributed by atoms with E-state index in [1.807, 2.05) is 32.1 Å². The molecule has 52 heavy (non-hydrogen) atoms. The highest BCUT2D eigenvalue weighted by atomic mass is 32.1. The van der Waals surface area contributed by atoms with Gasteiger partial charge < -0.3 is 25.0 Å². The number of rotatable bonds is 10. The Kier molecular flexibility index (Phi) is 8.52. The maximum absolute atomic E-state index is 16.9. The quantitative estimate of drug-likeness (QED) is 0.184. The van der Waals surface area contributed by atoms with Crippen molar-refractivity contribution in [2.24, 2.45) is 5.41 Å². The first-order chi connectivity index (χ1) is 24.7. The van der Waals surface area contributed by atoms with Gasteiger partial charge in [0.2, 0.25) is 5.92 Å². The van der Waals surface area contributed by atoms with Crippen LogP contribution in [0, 0.1) is 34.2 Å². The van der Waals surface area contributed by atoms with E-state index in [1.54, 1.807) is 0 Å². The third-order valence-electron chi connectivity index (χ3n) is 11.7. The van der Waals surface area contributed by atoms with Gasteiger partial charge in [-0.25, -0.2) is 22.0 Å². The van der Waals surface area contributed by atoms with Crippen molar-refractivity contribution in [1.29, 1.82) is 5.26 Å². The number of hydrogen-bond acceptors (Lipinski definition) is 11. The summed E-state index contributed by atoms with van der Waals surface area (Å²) in [5, 5.41) is 9.97. The number of nitrogens with zero attached hydrogens (tertiary/aromatic N) is 7. The topological polar surface area (TPSA) is 117 Å². The summed E-state index contributed by atoms with van der Waals surface area (Å²) in [5.41, 5.74) is 4.11. The molecule has 5 heterocycles. The van der Waals surface area contributed by atoms with Gasteiger partial charge in [0.05, 0.1) is 35.5 Å². The molecule has 0 spiro atoms. The molecule has 2 atom stereocenters. The molecule has 4 aliphatic rings. The van der Waals surface area contributed by atoms with Gasteiger partial charge in [-0.15, -0.1) is 11.3 Å². The number of thiophene rings is 1. The van der Waals surface area contributed by atoms with Gasteiger partial charge in [0.1, 0.15) is 28.1 Å². The van der Waals surface area contributed by atoms with Gasteiger partial charge in [-0.05, 0) is 52.3 Å². The summed E-state index contributed by atoms with van der Waals surface area (Å²) >= 11 is 0.689. The van der Waals surface area contributed by atoms with Crippen LogP contribution in [0.1, 0.15) is 50.5 Å². The molecule has 10 nitrogen and oxygen atoms in total. The highest BCUT2D eigenvalue weighted by Gasteiger charge is 2.59. The van der Waals surface area contributed by atoms with Gasteiger partial charge in [-0.1, -0.05) is 0 Å². The van der Waals surface area contributed by atoms with Crippen molar-refractivity contribution >= 4 is 43.1 Å². The molecule has 2 bridgehead atoms. The number of likely N-dealkylation sites (N-methyl/N-ethyl adjacent to an activating group) is 2.